The van der Waals surface area contributed by atoms with Crippen LogP contribution in [-0.4, -0.2) is 26.8 Å². The zero-order chi connectivity index (χ0) is 18.7. The summed E-state index contributed by atoms with van der Waals surface area (Å²) in [5.74, 6) is 0.491. The van der Waals surface area contributed by atoms with Gasteiger partial charge in [-0.3, -0.25) is 18.8 Å². The third-order valence-corrected chi connectivity index (χ3v) is 5.57. The van der Waals surface area contributed by atoms with E-state index in [1.165, 1.54) is 36.1 Å². The van der Waals surface area contributed by atoms with Crippen molar-refractivity contribution in [2.24, 2.45) is 0 Å². The van der Waals surface area contributed by atoms with Gasteiger partial charge in [-0.2, -0.15) is 0 Å². The number of rotatable bonds is 6. The van der Waals surface area contributed by atoms with Gasteiger partial charge in [0.1, 0.15) is 0 Å². The Hall–Kier alpha value is -2.45. The Balaban J connectivity index is 1.58. The molecule has 3 aromatic rings. The molecule has 0 fully saturated rings. The maximum Gasteiger partial charge on any atom is 0.258 e. The van der Waals surface area contributed by atoms with Crippen LogP contribution in [0.25, 0.3) is 4.96 Å². The molecule has 0 aliphatic carbocycles. The highest BCUT2D eigenvalue weighted by Crippen LogP contribution is 2.16. The first-order valence-corrected chi connectivity index (χ1v) is 9.93. The number of anilines is 1. The van der Waals surface area contributed by atoms with Gasteiger partial charge in [-0.1, -0.05) is 12.1 Å². The van der Waals surface area contributed by atoms with Crippen LogP contribution in [0.15, 0.2) is 40.5 Å². The third-order valence-electron chi connectivity index (χ3n) is 3.66. The average Bonchev–Trinajstić information content (AvgIpc) is 2.96. The quantitative estimate of drug-likeness (QED) is 0.657. The number of thiazole rings is 1. The van der Waals surface area contributed by atoms with E-state index >= 15 is 0 Å². The summed E-state index contributed by atoms with van der Waals surface area (Å²) in [7, 11) is 0. The summed E-state index contributed by atoms with van der Waals surface area (Å²) in [6.07, 6.45) is 0. The van der Waals surface area contributed by atoms with Crippen LogP contribution in [0.5, 0.6) is 0 Å². The number of hydrogen-bond acceptors (Lipinski definition) is 6. The Labute approximate surface area is 158 Å². The minimum Gasteiger partial charge on any atom is -0.325 e. The van der Waals surface area contributed by atoms with E-state index in [0.717, 1.165) is 5.69 Å². The first kappa shape index (κ1) is 18.3. The van der Waals surface area contributed by atoms with E-state index in [-0.39, 0.29) is 23.0 Å². The molecule has 6 nitrogen and oxygen atoms in total. The molecule has 0 radical (unpaired) electrons. The molecule has 2 aromatic heterocycles. The van der Waals surface area contributed by atoms with Crippen LogP contribution >= 0.6 is 23.1 Å². The van der Waals surface area contributed by atoms with Crippen LogP contribution in [0.2, 0.25) is 0 Å². The summed E-state index contributed by atoms with van der Waals surface area (Å²) >= 11 is 2.81. The Morgan fingerprint density at radius 3 is 2.88 bits per heavy atom. The minimum atomic E-state index is -0.166. The number of nitrogens with zero attached hydrogens (tertiary/aromatic N) is 2. The van der Waals surface area contributed by atoms with Gasteiger partial charge in [-0.25, -0.2) is 4.98 Å². The highest BCUT2D eigenvalue weighted by Gasteiger charge is 2.09. The second-order valence-corrected chi connectivity index (χ2v) is 7.58. The van der Waals surface area contributed by atoms with Crippen LogP contribution in [0.4, 0.5) is 5.69 Å². The van der Waals surface area contributed by atoms with Crippen LogP contribution < -0.4 is 10.9 Å². The van der Waals surface area contributed by atoms with E-state index in [0.29, 0.717) is 27.7 Å². The molecule has 0 aliphatic rings. The molecule has 8 heteroatoms. The van der Waals surface area contributed by atoms with Gasteiger partial charge in [0.15, 0.2) is 10.7 Å². The number of Topliss-reactive ketones (excluding diaryl/α,β-unsaturated/α-hetero) is 1. The van der Waals surface area contributed by atoms with E-state index in [9.17, 15) is 14.4 Å². The molecule has 0 atom stereocenters. The Morgan fingerprint density at radius 1 is 1.31 bits per heavy atom. The number of carbonyl (C=O) groups excluding carboxylic acids is 2. The molecular weight excluding hydrogens is 370 g/mol. The van der Waals surface area contributed by atoms with Crippen LogP contribution in [0.1, 0.15) is 28.7 Å². The number of fused-ring (bicyclic) bond motifs is 1. The van der Waals surface area contributed by atoms with Crippen molar-refractivity contribution in [1.82, 2.24) is 9.38 Å². The van der Waals surface area contributed by atoms with Crippen molar-refractivity contribution in [2.45, 2.75) is 19.6 Å². The molecule has 26 heavy (non-hydrogen) atoms. The fourth-order valence-electron chi connectivity index (χ4n) is 2.44. The number of thioether (sulfide) groups is 1. The summed E-state index contributed by atoms with van der Waals surface area (Å²) < 4.78 is 1.58. The molecule has 134 valence electrons. The topological polar surface area (TPSA) is 80.5 Å². The molecule has 0 spiro atoms. The van der Waals surface area contributed by atoms with E-state index in [1.54, 1.807) is 28.7 Å². The zero-order valence-electron chi connectivity index (χ0n) is 14.3. The van der Waals surface area contributed by atoms with E-state index in [4.69, 9.17) is 0 Å². The molecule has 1 amide bonds. The first-order valence-electron chi connectivity index (χ1n) is 7.89. The SMILES string of the molecule is CC(=O)c1cccc(NC(=O)CSCc2cc(=O)n3c(C)csc3n2)c1. The lowest BCUT2D eigenvalue weighted by Crippen LogP contribution is -2.16. The van der Waals surface area contributed by atoms with Crippen LogP contribution in [0, 0.1) is 6.92 Å². The molecule has 2 heterocycles. The largest absolute Gasteiger partial charge is 0.325 e. The molecule has 0 saturated heterocycles. The molecule has 0 bridgehead atoms. The number of aromatic nitrogens is 2. The zero-order valence-corrected chi connectivity index (χ0v) is 15.9. The van der Waals surface area contributed by atoms with Gasteiger partial charge in [0.25, 0.3) is 5.56 Å². The van der Waals surface area contributed by atoms with Gasteiger partial charge in [-0.15, -0.1) is 23.1 Å². The molecule has 0 unspecified atom stereocenters. The molecule has 1 N–H and O–H groups in total. The van der Waals surface area contributed by atoms with Gasteiger partial charge in [0.05, 0.1) is 11.4 Å². The highest BCUT2D eigenvalue weighted by atomic mass is 32.2. The maximum absolute atomic E-state index is 12.1. The normalized spacial score (nSPS) is 10.8. The first-order chi connectivity index (χ1) is 12.4. The fraction of sp³-hybridized carbons (Fsp3) is 0.222. The predicted octanol–water partition coefficient (Wildman–Crippen LogP) is 3.14. The van der Waals surface area contributed by atoms with Crippen molar-refractivity contribution in [3.63, 3.8) is 0 Å². The number of benzene rings is 1. The summed E-state index contributed by atoms with van der Waals surface area (Å²) in [6, 6.07) is 8.34. The fourth-order valence-corrected chi connectivity index (χ4v) is 4.04. The number of carbonyl (C=O) groups is 2. The van der Waals surface area contributed by atoms with Crippen molar-refractivity contribution in [3.8, 4) is 0 Å². The Kier molecular flexibility index (Phi) is 5.53. The van der Waals surface area contributed by atoms with Crippen LogP contribution in [0.3, 0.4) is 0 Å². The highest BCUT2D eigenvalue weighted by molar-refractivity contribution is 7.99. The summed E-state index contributed by atoms with van der Waals surface area (Å²) in [4.78, 5) is 40.7. The lowest BCUT2D eigenvalue weighted by molar-refractivity contribution is -0.113. The summed E-state index contributed by atoms with van der Waals surface area (Å²) in [5.41, 5.74) is 2.58. The molecule has 3 rings (SSSR count). The van der Waals surface area contributed by atoms with Crippen LogP contribution in [-0.2, 0) is 10.5 Å². The Bertz CT molecular complexity index is 1040. The molecule has 0 aliphatic heterocycles. The maximum atomic E-state index is 12.1. The smallest absolute Gasteiger partial charge is 0.258 e. The van der Waals surface area contributed by atoms with Crippen molar-refractivity contribution in [2.75, 3.05) is 11.1 Å². The standard InChI is InChI=1S/C18H17N3O3S2/c1-11-8-26-18-20-15(7-17(24)21(11)18)9-25-10-16(23)19-14-5-3-4-13(6-14)12(2)22/h3-8H,9-10H2,1-2H3,(H,19,23). The van der Waals surface area contributed by atoms with Gasteiger partial charge >= 0.3 is 0 Å². The number of amides is 1. The number of ketones is 1. The van der Waals surface area contributed by atoms with E-state index in [2.05, 4.69) is 10.3 Å². The van der Waals surface area contributed by atoms with E-state index in [1.807, 2.05) is 12.3 Å². The van der Waals surface area contributed by atoms with Crippen molar-refractivity contribution < 1.29 is 9.59 Å². The van der Waals surface area contributed by atoms with E-state index < -0.39 is 0 Å². The third kappa shape index (κ3) is 4.20. The number of hydrogen-bond donors (Lipinski definition) is 1. The lowest BCUT2D eigenvalue weighted by Gasteiger charge is -2.06. The van der Waals surface area contributed by atoms with Crippen molar-refractivity contribution in [3.05, 3.63) is 63.0 Å². The molecular formula is C18H17N3O3S2. The second-order valence-electron chi connectivity index (χ2n) is 5.76. The Morgan fingerprint density at radius 2 is 2.12 bits per heavy atom. The summed E-state index contributed by atoms with van der Waals surface area (Å²) in [5, 5.41) is 4.66. The average molecular weight is 387 g/mol. The molecule has 1 aromatic carbocycles. The summed E-state index contributed by atoms with van der Waals surface area (Å²) in [6.45, 7) is 3.35. The second kappa shape index (κ2) is 7.84. The van der Waals surface area contributed by atoms with Gasteiger partial charge < -0.3 is 5.32 Å². The monoisotopic (exact) mass is 387 g/mol. The predicted molar refractivity (Wildman–Crippen MR) is 105 cm³/mol. The number of nitrogens with one attached hydrogen (secondary N) is 1. The number of aryl methyl sites for hydroxylation is 1. The van der Waals surface area contributed by atoms with Gasteiger partial charge in [0.2, 0.25) is 5.91 Å². The molecule has 0 saturated carbocycles. The lowest BCUT2D eigenvalue weighted by atomic mass is 10.1. The van der Waals surface area contributed by atoms with Gasteiger partial charge in [-0.05, 0) is 26.0 Å². The van der Waals surface area contributed by atoms with Gasteiger partial charge in [0, 0.05) is 34.1 Å². The minimum absolute atomic E-state index is 0.0490. The van der Waals surface area contributed by atoms with Crippen molar-refractivity contribution in [1.29, 1.82) is 0 Å². The van der Waals surface area contributed by atoms with Crippen molar-refractivity contribution >= 4 is 45.4 Å².